The maximum atomic E-state index is 13.2. The van der Waals surface area contributed by atoms with Gasteiger partial charge in [0.1, 0.15) is 12.4 Å². The van der Waals surface area contributed by atoms with Crippen LogP contribution in [0.25, 0.3) is 11.1 Å². The number of aliphatic hydroxyl groups excluding tert-OH is 1. The van der Waals surface area contributed by atoms with Crippen LogP contribution in [0, 0.1) is 6.92 Å². The van der Waals surface area contributed by atoms with Gasteiger partial charge in [-0.3, -0.25) is 0 Å². The van der Waals surface area contributed by atoms with E-state index in [1.807, 2.05) is 24.0 Å². The predicted molar refractivity (Wildman–Crippen MR) is 138 cm³/mol. The van der Waals surface area contributed by atoms with Crippen molar-refractivity contribution in [3.63, 3.8) is 0 Å². The van der Waals surface area contributed by atoms with Gasteiger partial charge in [0, 0.05) is 24.8 Å². The van der Waals surface area contributed by atoms with Crippen molar-refractivity contribution in [3.05, 3.63) is 82.5 Å². The molecule has 0 spiro atoms. The molecule has 1 aliphatic heterocycles. The first-order valence-electron chi connectivity index (χ1n) is 12.9. The minimum Gasteiger partial charge on any atom is -0.457 e. The van der Waals surface area contributed by atoms with Gasteiger partial charge in [-0.1, -0.05) is 24.3 Å². The van der Waals surface area contributed by atoms with Crippen LogP contribution in [0.3, 0.4) is 0 Å². The van der Waals surface area contributed by atoms with E-state index in [0.29, 0.717) is 55.0 Å². The second-order valence-corrected chi connectivity index (χ2v) is 9.67. The Balaban J connectivity index is 1.60. The number of hydrogen-bond acceptors (Lipinski definition) is 6. The molecule has 6 nitrogen and oxygen atoms in total. The summed E-state index contributed by atoms with van der Waals surface area (Å²) in [5.74, 6) is -0.350. The molecule has 2 aromatic carbocycles. The molecule has 0 saturated carbocycles. The smallest absolute Gasteiger partial charge is 0.416 e. The van der Waals surface area contributed by atoms with Gasteiger partial charge < -0.3 is 19.5 Å². The van der Waals surface area contributed by atoms with Crippen LogP contribution in [0.15, 0.2) is 54.7 Å². The zero-order valence-corrected chi connectivity index (χ0v) is 22.1. The van der Waals surface area contributed by atoms with E-state index in [4.69, 9.17) is 14.6 Å². The number of halogens is 6. The zero-order chi connectivity index (χ0) is 29.8. The number of carbonyl (C=O) groups is 1. The highest BCUT2D eigenvalue weighted by Crippen LogP contribution is 2.37. The van der Waals surface area contributed by atoms with Gasteiger partial charge in [0.05, 0.1) is 36.0 Å². The lowest BCUT2D eigenvalue weighted by atomic mass is 9.97. The number of piperidine rings is 1. The third-order valence-corrected chi connectivity index (χ3v) is 6.77. The minimum atomic E-state index is -5.02. The summed E-state index contributed by atoms with van der Waals surface area (Å²) in [5.41, 5.74) is -1.41. The lowest BCUT2D eigenvalue weighted by molar-refractivity contribution is -0.143. The van der Waals surface area contributed by atoms with Crippen molar-refractivity contribution < 1.29 is 45.7 Å². The first-order chi connectivity index (χ1) is 19.4. The molecule has 12 heteroatoms. The summed E-state index contributed by atoms with van der Waals surface area (Å²) in [6.07, 6.45) is -7.29. The Hall–Kier alpha value is -3.64. The second-order valence-electron chi connectivity index (χ2n) is 9.67. The summed E-state index contributed by atoms with van der Waals surface area (Å²) in [4.78, 5) is 19.6. The molecule has 0 unspecified atom stereocenters. The number of pyridine rings is 1. The Morgan fingerprint density at radius 3 is 2.20 bits per heavy atom. The molecule has 1 fully saturated rings. The molecule has 0 amide bonds. The summed E-state index contributed by atoms with van der Waals surface area (Å²) >= 11 is 0. The number of anilines is 1. The van der Waals surface area contributed by atoms with Crippen LogP contribution in [0.2, 0.25) is 0 Å². The van der Waals surface area contributed by atoms with E-state index in [0.717, 1.165) is 5.56 Å². The normalized spacial score (nSPS) is 14.8. The summed E-state index contributed by atoms with van der Waals surface area (Å²) in [6, 6.07) is 10.0. The van der Waals surface area contributed by atoms with E-state index in [1.54, 1.807) is 18.2 Å². The van der Waals surface area contributed by atoms with Crippen molar-refractivity contribution in [3.8, 4) is 11.1 Å². The van der Waals surface area contributed by atoms with Crippen LogP contribution in [-0.4, -0.2) is 48.5 Å². The molecule has 1 aromatic heterocycles. The van der Waals surface area contributed by atoms with Crippen LogP contribution in [0.4, 0.5) is 32.2 Å². The molecule has 220 valence electrons. The summed E-state index contributed by atoms with van der Waals surface area (Å²) in [7, 11) is 0. The number of benzene rings is 2. The number of ether oxygens (including phenoxy) is 2. The van der Waals surface area contributed by atoms with Crippen molar-refractivity contribution >= 4 is 11.8 Å². The molecule has 1 N–H and O–H groups in total. The summed E-state index contributed by atoms with van der Waals surface area (Å²) in [5, 5.41) is 8.98. The molecular formula is C29H28F6N2O4. The Kier molecular flexibility index (Phi) is 9.23. The van der Waals surface area contributed by atoms with Crippen LogP contribution in [0.5, 0.6) is 0 Å². The minimum absolute atomic E-state index is 0.0113. The molecule has 0 atom stereocenters. The topological polar surface area (TPSA) is 71.9 Å². The van der Waals surface area contributed by atoms with Gasteiger partial charge >= 0.3 is 18.3 Å². The van der Waals surface area contributed by atoms with Crippen molar-refractivity contribution in [2.24, 2.45) is 0 Å². The lowest BCUT2D eigenvalue weighted by Crippen LogP contribution is -2.37. The highest BCUT2D eigenvalue weighted by atomic mass is 19.4. The van der Waals surface area contributed by atoms with Crippen molar-refractivity contribution in [2.75, 3.05) is 31.2 Å². The number of nitrogens with zero attached hydrogens (tertiary/aromatic N) is 2. The molecule has 2 heterocycles. The van der Waals surface area contributed by atoms with E-state index in [9.17, 15) is 31.1 Å². The highest BCUT2D eigenvalue weighted by molar-refractivity contribution is 5.98. The number of rotatable bonds is 8. The Labute approximate surface area is 232 Å². The molecule has 41 heavy (non-hydrogen) atoms. The maximum absolute atomic E-state index is 13.2. The van der Waals surface area contributed by atoms with E-state index in [2.05, 4.69) is 4.98 Å². The lowest BCUT2D eigenvalue weighted by Gasteiger charge is -2.33. The fourth-order valence-electron chi connectivity index (χ4n) is 4.68. The molecule has 4 rings (SSSR count). The van der Waals surface area contributed by atoms with Gasteiger partial charge in [0.2, 0.25) is 0 Å². The maximum Gasteiger partial charge on any atom is 0.416 e. The molecule has 1 aliphatic rings. The third kappa shape index (κ3) is 7.56. The average molecular weight is 583 g/mol. The highest BCUT2D eigenvalue weighted by Gasteiger charge is 2.37. The first-order valence-corrected chi connectivity index (χ1v) is 12.9. The largest absolute Gasteiger partial charge is 0.457 e. The molecular weight excluding hydrogens is 554 g/mol. The Morgan fingerprint density at radius 2 is 1.61 bits per heavy atom. The number of alkyl halides is 6. The van der Waals surface area contributed by atoms with Crippen molar-refractivity contribution in [2.45, 2.75) is 44.8 Å². The quantitative estimate of drug-likeness (QED) is 0.244. The van der Waals surface area contributed by atoms with Crippen LogP contribution < -0.4 is 4.90 Å². The van der Waals surface area contributed by atoms with Gasteiger partial charge in [-0.2, -0.15) is 26.3 Å². The fraction of sp³-hybridized carbons (Fsp3) is 0.379. The molecule has 0 aliphatic carbocycles. The second kappa shape index (κ2) is 12.5. The number of aromatic nitrogens is 1. The van der Waals surface area contributed by atoms with Gasteiger partial charge in [0.25, 0.3) is 0 Å². The van der Waals surface area contributed by atoms with E-state index >= 15 is 0 Å². The van der Waals surface area contributed by atoms with Gasteiger partial charge in [0.15, 0.2) is 0 Å². The van der Waals surface area contributed by atoms with Gasteiger partial charge in [-0.05, 0) is 60.7 Å². The summed E-state index contributed by atoms with van der Waals surface area (Å²) < 4.78 is 90.3. The monoisotopic (exact) mass is 582 g/mol. The number of carbonyl (C=O) groups excluding carboxylic acids is 1. The molecule has 0 bridgehead atoms. The van der Waals surface area contributed by atoms with Crippen LogP contribution >= 0.6 is 0 Å². The molecule has 3 aromatic rings. The zero-order valence-electron chi connectivity index (χ0n) is 22.1. The van der Waals surface area contributed by atoms with Gasteiger partial charge in [-0.25, -0.2) is 9.78 Å². The predicted octanol–water partition coefficient (Wildman–Crippen LogP) is 6.43. The average Bonchev–Trinajstić information content (AvgIpc) is 2.94. The Morgan fingerprint density at radius 1 is 0.976 bits per heavy atom. The first kappa shape index (κ1) is 30.3. The van der Waals surface area contributed by atoms with Crippen molar-refractivity contribution in [1.29, 1.82) is 0 Å². The van der Waals surface area contributed by atoms with Crippen LogP contribution in [0.1, 0.15) is 45.5 Å². The van der Waals surface area contributed by atoms with Crippen molar-refractivity contribution in [1.82, 2.24) is 4.98 Å². The third-order valence-electron chi connectivity index (χ3n) is 6.77. The SMILES string of the molecule is Cc1ccccc1-c1cc(N2CCC(OCCO)CC2)ncc1C(=O)OCc1cc(C(F)(F)F)cc(C(F)(F)F)c1. The fourth-order valence-corrected chi connectivity index (χ4v) is 4.68. The number of esters is 1. The van der Waals surface area contributed by atoms with Crippen LogP contribution in [-0.2, 0) is 28.4 Å². The van der Waals surface area contributed by atoms with Gasteiger partial charge in [-0.15, -0.1) is 0 Å². The Bertz CT molecular complexity index is 1340. The van der Waals surface area contributed by atoms with E-state index in [-0.39, 0.29) is 30.9 Å². The standard InChI is InChI=1S/C29H28F6N2O4/c1-18-4-2-3-5-23(18)24-15-26(37-8-6-22(7-9-37)40-11-10-38)36-16-25(24)27(39)41-17-19-12-20(28(30,31)32)14-21(13-19)29(33,34)35/h2-5,12-16,22,38H,6-11,17H2,1H3. The summed E-state index contributed by atoms with van der Waals surface area (Å²) in [6.45, 7) is 2.48. The number of hydrogen-bond donors (Lipinski definition) is 1. The van der Waals surface area contributed by atoms with E-state index < -0.39 is 41.6 Å². The van der Waals surface area contributed by atoms with E-state index in [1.165, 1.54) is 6.20 Å². The molecule has 0 radical (unpaired) electrons. The molecule has 1 saturated heterocycles. The number of aliphatic hydroxyl groups is 1. The number of aryl methyl sites for hydroxylation is 1.